The van der Waals surface area contributed by atoms with Gasteiger partial charge in [0.15, 0.2) is 9.84 Å². The molecule has 0 saturated heterocycles. The molecular formula is C20H19NO4S. The lowest BCUT2D eigenvalue weighted by Gasteiger charge is -2.17. The van der Waals surface area contributed by atoms with Crippen molar-refractivity contribution >= 4 is 15.7 Å². The van der Waals surface area contributed by atoms with Crippen molar-refractivity contribution in [1.29, 1.82) is 0 Å². The Kier molecular flexibility index (Phi) is 5.23. The van der Waals surface area contributed by atoms with Crippen LogP contribution >= 0.6 is 0 Å². The molecule has 1 atom stereocenters. The van der Waals surface area contributed by atoms with Crippen molar-refractivity contribution in [1.82, 2.24) is 5.32 Å². The van der Waals surface area contributed by atoms with Gasteiger partial charge in [-0.3, -0.25) is 4.79 Å². The smallest absolute Gasteiger partial charge is 0.252 e. The fraction of sp³-hybridized carbons (Fsp3) is 0.150. The molecule has 1 unspecified atom stereocenters. The van der Waals surface area contributed by atoms with Crippen LogP contribution in [0.3, 0.4) is 0 Å². The minimum atomic E-state index is -3.17. The van der Waals surface area contributed by atoms with Crippen LogP contribution in [0.2, 0.25) is 0 Å². The fourth-order valence-corrected chi connectivity index (χ4v) is 3.52. The minimum Gasteiger partial charge on any atom is -0.467 e. The van der Waals surface area contributed by atoms with E-state index in [1.54, 1.807) is 42.7 Å². The Bertz CT molecular complexity index is 980. The maximum Gasteiger partial charge on any atom is 0.252 e. The molecular weight excluding hydrogens is 350 g/mol. The number of amides is 1. The lowest BCUT2D eigenvalue weighted by molar-refractivity contribution is 0.0939. The van der Waals surface area contributed by atoms with E-state index in [1.165, 1.54) is 6.26 Å². The molecule has 1 amide bonds. The third-order valence-corrected chi connectivity index (χ3v) is 4.71. The third kappa shape index (κ3) is 4.61. The van der Waals surface area contributed by atoms with Crippen molar-refractivity contribution in [2.45, 2.75) is 11.8 Å². The van der Waals surface area contributed by atoms with Crippen LogP contribution in [0.1, 0.15) is 33.3 Å². The monoisotopic (exact) mass is 369 g/mol. The van der Waals surface area contributed by atoms with Crippen LogP contribution < -0.4 is 5.32 Å². The lowest BCUT2D eigenvalue weighted by atomic mass is 10.0. The van der Waals surface area contributed by atoms with Crippen molar-refractivity contribution in [3.05, 3.63) is 95.4 Å². The van der Waals surface area contributed by atoms with Crippen LogP contribution in [0.25, 0.3) is 0 Å². The van der Waals surface area contributed by atoms with Crippen LogP contribution in [-0.2, 0) is 15.6 Å². The maximum atomic E-state index is 12.7. The van der Waals surface area contributed by atoms with Gasteiger partial charge in [-0.2, -0.15) is 0 Å². The number of rotatable bonds is 6. The summed E-state index contributed by atoms with van der Waals surface area (Å²) in [6, 6.07) is 19.3. The van der Waals surface area contributed by atoms with Crippen molar-refractivity contribution in [3.8, 4) is 0 Å². The number of nitrogens with one attached hydrogen (secondary N) is 1. The molecule has 0 aliphatic rings. The maximum absolute atomic E-state index is 12.7. The van der Waals surface area contributed by atoms with Crippen LogP contribution in [0, 0.1) is 0 Å². The van der Waals surface area contributed by atoms with Gasteiger partial charge in [0.1, 0.15) is 11.8 Å². The molecule has 0 aliphatic heterocycles. The van der Waals surface area contributed by atoms with Gasteiger partial charge in [-0.15, -0.1) is 0 Å². The summed E-state index contributed by atoms with van der Waals surface area (Å²) in [4.78, 5) is 12.7. The zero-order valence-electron chi connectivity index (χ0n) is 14.3. The molecule has 1 N–H and O–H groups in total. The van der Waals surface area contributed by atoms with Gasteiger partial charge in [0.05, 0.1) is 12.0 Å². The van der Waals surface area contributed by atoms with E-state index >= 15 is 0 Å². The van der Waals surface area contributed by atoms with E-state index in [4.69, 9.17) is 4.42 Å². The number of benzene rings is 2. The Balaban J connectivity index is 1.86. The van der Waals surface area contributed by atoms with Gasteiger partial charge in [-0.1, -0.05) is 42.5 Å². The van der Waals surface area contributed by atoms with Crippen molar-refractivity contribution in [2.75, 3.05) is 6.26 Å². The van der Waals surface area contributed by atoms with Gasteiger partial charge in [0.2, 0.25) is 0 Å². The predicted octanol–water partition coefficient (Wildman–Crippen LogP) is 3.34. The normalized spacial score (nSPS) is 12.5. The van der Waals surface area contributed by atoms with E-state index in [-0.39, 0.29) is 11.7 Å². The van der Waals surface area contributed by atoms with Gasteiger partial charge < -0.3 is 9.73 Å². The molecule has 0 fully saturated rings. The van der Waals surface area contributed by atoms with Crippen LogP contribution in [0.15, 0.2) is 77.4 Å². The summed E-state index contributed by atoms with van der Waals surface area (Å²) in [6.45, 7) is 0. The summed E-state index contributed by atoms with van der Waals surface area (Å²) in [7, 11) is -3.17. The van der Waals surface area contributed by atoms with E-state index in [2.05, 4.69) is 5.32 Å². The summed E-state index contributed by atoms with van der Waals surface area (Å²) in [5.74, 6) is 0.219. The highest BCUT2D eigenvalue weighted by molar-refractivity contribution is 7.89. The SMILES string of the molecule is CS(=O)(=O)Cc1cccc(C(=O)NC(c2ccccc2)c2ccco2)c1. The summed E-state index contributed by atoms with van der Waals surface area (Å²) < 4.78 is 28.5. The molecule has 3 aromatic rings. The first-order valence-electron chi connectivity index (χ1n) is 8.08. The molecule has 0 spiro atoms. The molecule has 1 aromatic heterocycles. The van der Waals surface area contributed by atoms with Crippen molar-refractivity contribution < 1.29 is 17.6 Å². The number of furan rings is 1. The molecule has 26 heavy (non-hydrogen) atoms. The highest BCUT2D eigenvalue weighted by Crippen LogP contribution is 2.23. The lowest BCUT2D eigenvalue weighted by Crippen LogP contribution is -2.29. The van der Waals surface area contributed by atoms with Gasteiger partial charge in [0.25, 0.3) is 5.91 Å². The molecule has 2 aromatic carbocycles. The highest BCUT2D eigenvalue weighted by Gasteiger charge is 2.20. The molecule has 1 heterocycles. The molecule has 5 nitrogen and oxygen atoms in total. The molecule has 0 saturated carbocycles. The van der Waals surface area contributed by atoms with E-state index < -0.39 is 15.9 Å². The summed E-state index contributed by atoms with van der Waals surface area (Å²) in [5.41, 5.74) is 1.87. The van der Waals surface area contributed by atoms with E-state index in [0.717, 1.165) is 5.56 Å². The quantitative estimate of drug-likeness (QED) is 0.723. The van der Waals surface area contributed by atoms with Crippen LogP contribution in [0.4, 0.5) is 0 Å². The number of sulfone groups is 1. The Morgan fingerprint density at radius 2 is 1.81 bits per heavy atom. The van der Waals surface area contributed by atoms with E-state index in [9.17, 15) is 13.2 Å². The number of hydrogen-bond acceptors (Lipinski definition) is 4. The van der Waals surface area contributed by atoms with E-state index in [0.29, 0.717) is 16.9 Å². The first-order chi connectivity index (χ1) is 12.4. The summed E-state index contributed by atoms with van der Waals surface area (Å²) in [5, 5.41) is 2.96. The second-order valence-corrected chi connectivity index (χ2v) is 8.24. The molecule has 134 valence electrons. The van der Waals surface area contributed by atoms with Crippen molar-refractivity contribution in [2.24, 2.45) is 0 Å². The predicted molar refractivity (Wildman–Crippen MR) is 99.4 cm³/mol. The molecule has 6 heteroatoms. The first-order valence-corrected chi connectivity index (χ1v) is 10.1. The summed E-state index contributed by atoms with van der Waals surface area (Å²) in [6.07, 6.45) is 2.73. The number of carbonyl (C=O) groups is 1. The topological polar surface area (TPSA) is 76.4 Å². The number of hydrogen-bond donors (Lipinski definition) is 1. The average molecular weight is 369 g/mol. The number of carbonyl (C=O) groups excluding carboxylic acids is 1. The Morgan fingerprint density at radius 3 is 2.46 bits per heavy atom. The Labute approximate surface area is 152 Å². The zero-order chi connectivity index (χ0) is 18.6. The second-order valence-electron chi connectivity index (χ2n) is 6.10. The molecule has 0 aliphatic carbocycles. The highest BCUT2D eigenvalue weighted by atomic mass is 32.2. The Morgan fingerprint density at radius 1 is 1.04 bits per heavy atom. The van der Waals surface area contributed by atoms with Gasteiger partial charge in [-0.25, -0.2) is 8.42 Å². The standard InChI is InChI=1S/C20H19NO4S/c1-26(23,24)14-15-7-5-10-17(13-15)20(22)21-19(18-11-6-12-25-18)16-8-3-2-4-9-16/h2-13,19H,14H2,1H3,(H,21,22). The third-order valence-electron chi connectivity index (χ3n) is 3.85. The molecule has 3 rings (SSSR count). The van der Waals surface area contributed by atoms with Crippen LogP contribution in [-0.4, -0.2) is 20.6 Å². The minimum absolute atomic E-state index is 0.103. The van der Waals surface area contributed by atoms with Crippen molar-refractivity contribution in [3.63, 3.8) is 0 Å². The first kappa shape index (κ1) is 17.9. The molecule has 0 bridgehead atoms. The fourth-order valence-electron chi connectivity index (χ4n) is 2.74. The molecule has 0 radical (unpaired) electrons. The zero-order valence-corrected chi connectivity index (χ0v) is 15.1. The summed E-state index contributed by atoms with van der Waals surface area (Å²) >= 11 is 0. The van der Waals surface area contributed by atoms with E-state index in [1.807, 2.05) is 30.3 Å². The van der Waals surface area contributed by atoms with Gasteiger partial charge in [0, 0.05) is 11.8 Å². The Hall–Kier alpha value is -2.86. The second kappa shape index (κ2) is 7.58. The van der Waals surface area contributed by atoms with Crippen LogP contribution in [0.5, 0.6) is 0 Å². The largest absolute Gasteiger partial charge is 0.467 e. The average Bonchev–Trinajstić information content (AvgIpc) is 3.13. The van der Waals surface area contributed by atoms with Gasteiger partial charge >= 0.3 is 0 Å². The van der Waals surface area contributed by atoms with Gasteiger partial charge in [-0.05, 0) is 35.4 Å².